The summed E-state index contributed by atoms with van der Waals surface area (Å²) in [6.07, 6.45) is 4.71. The summed E-state index contributed by atoms with van der Waals surface area (Å²) in [5, 5.41) is 0. The molecule has 0 aliphatic heterocycles. The van der Waals surface area contributed by atoms with Crippen LogP contribution in [0.5, 0.6) is 0 Å². The number of hydrogen-bond donors (Lipinski definition) is 0. The van der Waals surface area contributed by atoms with Crippen LogP contribution in [0.3, 0.4) is 0 Å². The number of isocyanates is 1. The van der Waals surface area contributed by atoms with Gasteiger partial charge in [-0.25, -0.2) is 4.79 Å². The molecule has 1 aromatic rings. The van der Waals surface area contributed by atoms with Gasteiger partial charge in [-0.2, -0.15) is 4.99 Å². The monoisotopic (exact) mass is 215 g/mol. The molecule has 0 spiro atoms. The zero-order valence-corrected chi connectivity index (χ0v) is 10.1. The molecule has 0 N–H and O–H groups in total. The van der Waals surface area contributed by atoms with Crippen molar-refractivity contribution < 1.29 is 4.79 Å². The van der Waals surface area contributed by atoms with E-state index in [1.54, 1.807) is 6.08 Å². The largest absolute Gasteiger partial charge is 0.235 e. The number of aliphatic imine (C=N–C) groups is 1. The second-order valence-corrected chi connectivity index (χ2v) is 4.67. The molecule has 0 aromatic heterocycles. The number of benzene rings is 1. The summed E-state index contributed by atoms with van der Waals surface area (Å²) in [5.41, 5.74) is 4.88. The first-order valence-electron chi connectivity index (χ1n) is 5.82. The molecule has 16 heavy (non-hydrogen) atoms. The number of carbonyl (C=O) groups excluding carboxylic acids is 1. The minimum absolute atomic E-state index is 0.234. The van der Waals surface area contributed by atoms with Crippen molar-refractivity contribution in [1.82, 2.24) is 0 Å². The van der Waals surface area contributed by atoms with E-state index in [9.17, 15) is 4.79 Å². The van der Waals surface area contributed by atoms with Crippen molar-refractivity contribution in [2.45, 2.75) is 45.6 Å². The van der Waals surface area contributed by atoms with Gasteiger partial charge in [-0.1, -0.05) is 19.1 Å². The average Bonchev–Trinajstić information content (AvgIpc) is 3.03. The van der Waals surface area contributed by atoms with Crippen LogP contribution in [-0.4, -0.2) is 6.08 Å². The maximum atomic E-state index is 10.5. The van der Waals surface area contributed by atoms with Crippen molar-refractivity contribution in [3.8, 4) is 0 Å². The summed E-state index contributed by atoms with van der Waals surface area (Å²) in [6.45, 7) is 6.39. The Labute approximate surface area is 96.4 Å². The Balaban J connectivity index is 2.55. The summed E-state index contributed by atoms with van der Waals surface area (Å²) in [5.74, 6) is 0. The standard InChI is InChI=1S/C14H17NO/c1-4-12-7-10(2)11(3)13(8-12)14(5-6-14)15-9-16/h7-8H,4-6H2,1-3H3. The first-order chi connectivity index (χ1) is 7.63. The number of nitrogens with zero attached hydrogens (tertiary/aromatic N) is 1. The van der Waals surface area contributed by atoms with E-state index in [4.69, 9.17) is 0 Å². The molecule has 1 fully saturated rings. The van der Waals surface area contributed by atoms with Crippen molar-refractivity contribution in [3.05, 3.63) is 34.4 Å². The van der Waals surface area contributed by atoms with E-state index in [1.165, 1.54) is 22.3 Å². The van der Waals surface area contributed by atoms with E-state index in [1.807, 2.05) is 0 Å². The Bertz CT molecular complexity index is 466. The van der Waals surface area contributed by atoms with Crippen LogP contribution in [0.4, 0.5) is 0 Å². The number of aryl methyl sites for hydroxylation is 2. The highest BCUT2D eigenvalue weighted by Gasteiger charge is 2.46. The van der Waals surface area contributed by atoms with Gasteiger partial charge < -0.3 is 0 Å². The second-order valence-electron chi connectivity index (χ2n) is 4.67. The smallest absolute Gasteiger partial charge is 0.211 e. The van der Waals surface area contributed by atoms with Gasteiger partial charge in [-0.05, 0) is 55.4 Å². The lowest BCUT2D eigenvalue weighted by Gasteiger charge is -2.16. The van der Waals surface area contributed by atoms with Crippen LogP contribution in [0.1, 0.15) is 42.0 Å². The van der Waals surface area contributed by atoms with Crippen LogP contribution < -0.4 is 0 Å². The van der Waals surface area contributed by atoms with E-state index < -0.39 is 0 Å². The molecule has 0 atom stereocenters. The zero-order valence-electron chi connectivity index (χ0n) is 10.1. The fraction of sp³-hybridized carbons (Fsp3) is 0.500. The molecular formula is C14H17NO. The number of hydrogen-bond acceptors (Lipinski definition) is 2. The molecular weight excluding hydrogens is 198 g/mol. The van der Waals surface area contributed by atoms with Gasteiger partial charge in [-0.3, -0.25) is 0 Å². The lowest BCUT2D eigenvalue weighted by molar-refractivity contribution is 0.556. The lowest BCUT2D eigenvalue weighted by Crippen LogP contribution is -2.07. The van der Waals surface area contributed by atoms with Crippen molar-refractivity contribution in [2.24, 2.45) is 4.99 Å². The first-order valence-corrected chi connectivity index (χ1v) is 5.82. The van der Waals surface area contributed by atoms with Gasteiger partial charge in [0.1, 0.15) is 0 Å². The minimum atomic E-state index is -0.234. The van der Waals surface area contributed by atoms with Gasteiger partial charge in [0.2, 0.25) is 6.08 Å². The quantitative estimate of drug-likeness (QED) is 0.562. The van der Waals surface area contributed by atoms with Gasteiger partial charge in [-0.15, -0.1) is 0 Å². The van der Waals surface area contributed by atoms with Crippen LogP contribution in [0.2, 0.25) is 0 Å². The van der Waals surface area contributed by atoms with Crippen molar-refractivity contribution in [1.29, 1.82) is 0 Å². The molecule has 0 unspecified atom stereocenters. The zero-order chi connectivity index (χ0) is 11.8. The Morgan fingerprint density at radius 2 is 2.06 bits per heavy atom. The highest BCUT2D eigenvalue weighted by Crippen LogP contribution is 2.50. The maximum absolute atomic E-state index is 10.5. The molecule has 1 saturated carbocycles. The molecule has 1 aliphatic carbocycles. The SMILES string of the molecule is CCc1cc(C)c(C)c(C2(N=C=O)CC2)c1. The Hall–Kier alpha value is -1.40. The van der Waals surface area contributed by atoms with Crippen LogP contribution in [0, 0.1) is 13.8 Å². The van der Waals surface area contributed by atoms with Gasteiger partial charge in [0, 0.05) is 0 Å². The first kappa shape index (κ1) is 11.1. The van der Waals surface area contributed by atoms with E-state index in [0.29, 0.717) is 0 Å². The molecule has 0 amide bonds. The molecule has 1 aliphatic rings. The maximum Gasteiger partial charge on any atom is 0.235 e. The molecule has 84 valence electrons. The van der Waals surface area contributed by atoms with Gasteiger partial charge >= 0.3 is 0 Å². The summed E-state index contributed by atoms with van der Waals surface area (Å²) in [4.78, 5) is 14.5. The Morgan fingerprint density at radius 1 is 1.38 bits per heavy atom. The fourth-order valence-corrected chi connectivity index (χ4v) is 2.27. The van der Waals surface area contributed by atoms with Crippen LogP contribution in [-0.2, 0) is 16.8 Å². The Kier molecular flexibility index (Phi) is 2.69. The van der Waals surface area contributed by atoms with Crippen LogP contribution in [0.15, 0.2) is 17.1 Å². The molecule has 0 bridgehead atoms. The van der Waals surface area contributed by atoms with Crippen molar-refractivity contribution in [3.63, 3.8) is 0 Å². The molecule has 2 heteroatoms. The van der Waals surface area contributed by atoms with E-state index >= 15 is 0 Å². The third-order valence-electron chi connectivity index (χ3n) is 3.62. The molecule has 2 rings (SSSR count). The Morgan fingerprint density at radius 3 is 2.56 bits per heavy atom. The van der Waals surface area contributed by atoms with E-state index in [0.717, 1.165) is 19.3 Å². The van der Waals surface area contributed by atoms with E-state index in [2.05, 4.69) is 37.9 Å². The molecule has 0 radical (unpaired) electrons. The molecule has 0 heterocycles. The van der Waals surface area contributed by atoms with Crippen molar-refractivity contribution in [2.75, 3.05) is 0 Å². The summed E-state index contributed by atoms with van der Waals surface area (Å²) >= 11 is 0. The van der Waals surface area contributed by atoms with Crippen LogP contribution in [0.25, 0.3) is 0 Å². The highest BCUT2D eigenvalue weighted by molar-refractivity contribution is 5.48. The van der Waals surface area contributed by atoms with Crippen LogP contribution >= 0.6 is 0 Å². The van der Waals surface area contributed by atoms with Gasteiger partial charge in [0.15, 0.2) is 0 Å². The summed E-state index contributed by atoms with van der Waals surface area (Å²) in [6, 6.07) is 4.43. The molecule has 2 nitrogen and oxygen atoms in total. The minimum Gasteiger partial charge on any atom is -0.211 e. The summed E-state index contributed by atoms with van der Waals surface area (Å²) in [7, 11) is 0. The van der Waals surface area contributed by atoms with Gasteiger partial charge in [0.05, 0.1) is 5.54 Å². The van der Waals surface area contributed by atoms with Gasteiger partial charge in [0.25, 0.3) is 0 Å². The molecule has 1 aromatic carbocycles. The predicted molar refractivity (Wildman–Crippen MR) is 64.3 cm³/mol. The van der Waals surface area contributed by atoms with E-state index in [-0.39, 0.29) is 5.54 Å². The fourth-order valence-electron chi connectivity index (χ4n) is 2.27. The number of rotatable bonds is 3. The van der Waals surface area contributed by atoms with Crippen molar-refractivity contribution >= 4 is 6.08 Å². The topological polar surface area (TPSA) is 29.4 Å². The third-order valence-corrected chi connectivity index (χ3v) is 3.62. The molecule has 0 saturated heterocycles. The highest BCUT2D eigenvalue weighted by atomic mass is 16.1. The second kappa shape index (κ2) is 3.88. The predicted octanol–water partition coefficient (Wildman–Crippen LogP) is 3.19. The lowest BCUT2D eigenvalue weighted by atomic mass is 9.92. The third kappa shape index (κ3) is 1.70. The summed E-state index contributed by atoms with van der Waals surface area (Å²) < 4.78 is 0. The normalized spacial score (nSPS) is 16.7. The average molecular weight is 215 g/mol.